The minimum absolute atomic E-state index is 0.438. The van der Waals surface area contributed by atoms with Gasteiger partial charge in [-0.15, -0.1) is 0 Å². The van der Waals surface area contributed by atoms with Crippen molar-refractivity contribution >= 4 is 5.97 Å². The lowest BCUT2D eigenvalue weighted by atomic mass is 10.1. The first-order valence-corrected chi connectivity index (χ1v) is 4.92. The van der Waals surface area contributed by atoms with E-state index in [9.17, 15) is 4.79 Å². The first kappa shape index (κ1) is 10.8. The quantitative estimate of drug-likeness (QED) is 0.753. The summed E-state index contributed by atoms with van der Waals surface area (Å²) in [4.78, 5) is 10.6. The van der Waals surface area contributed by atoms with Gasteiger partial charge >= 0.3 is 5.97 Å². The van der Waals surface area contributed by atoms with Crippen LogP contribution in [0.2, 0.25) is 0 Å². The Hall–Kier alpha value is -1.25. The summed E-state index contributed by atoms with van der Waals surface area (Å²) in [6.07, 6.45) is 5.50. The molecule has 0 aromatic carbocycles. The monoisotopic (exact) mass is 196 g/mol. The smallest absolute Gasteiger partial charge is 0.310 e. The summed E-state index contributed by atoms with van der Waals surface area (Å²) in [6.45, 7) is 4.38. The van der Waals surface area contributed by atoms with E-state index >= 15 is 0 Å². The standard InChI is InChI=1S/C11H16O3/c1-3-4-10-9(5-6-14-10)7-8(2)11(12)13/h4,7-8H,3,5-6H2,1-2H3,(H,12,13)/b9-7-,10-4+. The Kier molecular flexibility index (Phi) is 3.74. The highest BCUT2D eigenvalue weighted by Crippen LogP contribution is 2.25. The van der Waals surface area contributed by atoms with Crippen LogP contribution in [-0.2, 0) is 9.53 Å². The molecule has 3 nitrogen and oxygen atoms in total. The normalized spacial score (nSPS) is 23.9. The van der Waals surface area contributed by atoms with Gasteiger partial charge in [-0.1, -0.05) is 13.0 Å². The van der Waals surface area contributed by atoms with Crippen LogP contribution in [0.5, 0.6) is 0 Å². The van der Waals surface area contributed by atoms with E-state index in [1.54, 1.807) is 13.0 Å². The molecule has 1 unspecified atom stereocenters. The topological polar surface area (TPSA) is 46.5 Å². The van der Waals surface area contributed by atoms with Crippen LogP contribution in [0.4, 0.5) is 0 Å². The number of carboxylic acids is 1. The molecule has 0 aromatic heterocycles. The van der Waals surface area contributed by atoms with E-state index in [0.29, 0.717) is 6.61 Å². The van der Waals surface area contributed by atoms with Crippen LogP contribution in [-0.4, -0.2) is 17.7 Å². The summed E-state index contributed by atoms with van der Waals surface area (Å²) in [5, 5.41) is 8.75. The van der Waals surface area contributed by atoms with Gasteiger partial charge in [0.15, 0.2) is 0 Å². The average molecular weight is 196 g/mol. The lowest BCUT2D eigenvalue weighted by molar-refractivity contribution is -0.139. The molecule has 0 amide bonds. The van der Waals surface area contributed by atoms with Crippen molar-refractivity contribution in [2.45, 2.75) is 26.7 Å². The predicted molar refractivity (Wildman–Crippen MR) is 53.8 cm³/mol. The van der Waals surface area contributed by atoms with Crippen molar-refractivity contribution in [1.82, 2.24) is 0 Å². The number of ether oxygens (including phenoxy) is 1. The third-order valence-electron chi connectivity index (χ3n) is 2.18. The van der Waals surface area contributed by atoms with Crippen LogP contribution in [0.3, 0.4) is 0 Å². The first-order valence-electron chi connectivity index (χ1n) is 4.92. The maximum absolute atomic E-state index is 10.6. The van der Waals surface area contributed by atoms with E-state index in [1.165, 1.54) is 0 Å². The van der Waals surface area contributed by atoms with Gasteiger partial charge in [0, 0.05) is 6.42 Å². The van der Waals surface area contributed by atoms with Crippen molar-refractivity contribution in [2.75, 3.05) is 6.61 Å². The molecule has 1 aliphatic rings. The van der Waals surface area contributed by atoms with Crippen molar-refractivity contribution in [3.05, 3.63) is 23.5 Å². The van der Waals surface area contributed by atoms with Crippen LogP contribution in [0, 0.1) is 5.92 Å². The molecule has 0 spiro atoms. The van der Waals surface area contributed by atoms with Gasteiger partial charge in [-0.2, -0.15) is 0 Å². The molecule has 0 aromatic rings. The lowest BCUT2D eigenvalue weighted by Gasteiger charge is -2.02. The van der Waals surface area contributed by atoms with Gasteiger partial charge in [0.05, 0.1) is 12.5 Å². The molecule has 1 atom stereocenters. The van der Waals surface area contributed by atoms with Crippen molar-refractivity contribution in [1.29, 1.82) is 0 Å². The largest absolute Gasteiger partial charge is 0.493 e. The van der Waals surface area contributed by atoms with E-state index in [1.807, 2.05) is 13.0 Å². The summed E-state index contributed by atoms with van der Waals surface area (Å²) >= 11 is 0. The number of aliphatic carboxylic acids is 1. The molecule has 0 bridgehead atoms. The minimum atomic E-state index is -0.791. The molecule has 1 aliphatic heterocycles. The molecule has 1 fully saturated rings. The lowest BCUT2D eigenvalue weighted by Crippen LogP contribution is -2.06. The Morgan fingerprint density at radius 2 is 2.43 bits per heavy atom. The number of rotatable bonds is 3. The molecule has 0 saturated carbocycles. The fourth-order valence-corrected chi connectivity index (χ4v) is 1.40. The molecular formula is C11H16O3. The molecule has 0 aliphatic carbocycles. The summed E-state index contributed by atoms with van der Waals surface area (Å²) in [5.41, 5.74) is 1.03. The third kappa shape index (κ3) is 2.62. The number of carboxylic acid groups (broad SMARTS) is 1. The Morgan fingerprint density at radius 3 is 3.00 bits per heavy atom. The molecule has 78 valence electrons. The highest BCUT2D eigenvalue weighted by atomic mass is 16.5. The number of carbonyl (C=O) groups is 1. The van der Waals surface area contributed by atoms with Crippen LogP contribution in [0.25, 0.3) is 0 Å². The maximum Gasteiger partial charge on any atom is 0.310 e. The zero-order valence-corrected chi connectivity index (χ0v) is 8.62. The van der Waals surface area contributed by atoms with Crippen LogP contribution < -0.4 is 0 Å². The Balaban J connectivity index is 2.76. The van der Waals surface area contributed by atoms with Gasteiger partial charge < -0.3 is 9.84 Å². The van der Waals surface area contributed by atoms with Gasteiger partial charge in [0.2, 0.25) is 0 Å². The van der Waals surface area contributed by atoms with Crippen LogP contribution in [0.1, 0.15) is 26.7 Å². The summed E-state index contributed by atoms with van der Waals surface area (Å²) < 4.78 is 5.39. The third-order valence-corrected chi connectivity index (χ3v) is 2.18. The molecule has 1 N–H and O–H groups in total. The first-order chi connectivity index (χ1) is 6.65. The number of hydrogen-bond donors (Lipinski definition) is 1. The SMILES string of the molecule is CC/C=C1/OCC/C1=C/C(C)C(=O)O. The second kappa shape index (κ2) is 4.84. The highest BCUT2D eigenvalue weighted by molar-refractivity contribution is 5.72. The molecule has 1 heterocycles. The Morgan fingerprint density at radius 1 is 1.71 bits per heavy atom. The van der Waals surface area contributed by atoms with E-state index in [2.05, 4.69) is 0 Å². The minimum Gasteiger partial charge on any atom is -0.493 e. The van der Waals surface area contributed by atoms with Crippen LogP contribution >= 0.6 is 0 Å². The van der Waals surface area contributed by atoms with Gasteiger partial charge in [-0.3, -0.25) is 4.79 Å². The second-order valence-electron chi connectivity index (χ2n) is 3.39. The van der Waals surface area contributed by atoms with Gasteiger partial charge in [-0.05, 0) is 25.0 Å². The second-order valence-corrected chi connectivity index (χ2v) is 3.39. The molecule has 3 heteroatoms. The maximum atomic E-state index is 10.6. The summed E-state index contributed by atoms with van der Waals surface area (Å²) in [7, 11) is 0. The Bertz CT molecular complexity index is 276. The van der Waals surface area contributed by atoms with E-state index in [4.69, 9.17) is 9.84 Å². The van der Waals surface area contributed by atoms with E-state index in [0.717, 1.165) is 24.2 Å². The molecule has 1 rings (SSSR count). The Labute approximate surface area is 84.1 Å². The predicted octanol–water partition coefficient (Wildman–Crippen LogP) is 2.35. The summed E-state index contributed by atoms with van der Waals surface area (Å²) in [5.74, 6) is -0.368. The fraction of sp³-hybridized carbons (Fsp3) is 0.545. The molecule has 0 radical (unpaired) electrons. The average Bonchev–Trinajstić information content (AvgIpc) is 2.53. The van der Waals surface area contributed by atoms with Gasteiger partial charge in [0.1, 0.15) is 5.76 Å². The van der Waals surface area contributed by atoms with E-state index in [-0.39, 0.29) is 0 Å². The van der Waals surface area contributed by atoms with Crippen molar-refractivity contribution in [2.24, 2.45) is 5.92 Å². The zero-order valence-electron chi connectivity index (χ0n) is 8.62. The van der Waals surface area contributed by atoms with Gasteiger partial charge in [0.25, 0.3) is 0 Å². The number of hydrogen-bond acceptors (Lipinski definition) is 2. The van der Waals surface area contributed by atoms with Gasteiger partial charge in [-0.25, -0.2) is 0 Å². The highest BCUT2D eigenvalue weighted by Gasteiger charge is 2.17. The zero-order chi connectivity index (χ0) is 10.6. The van der Waals surface area contributed by atoms with Crippen molar-refractivity contribution in [3.8, 4) is 0 Å². The molecule has 14 heavy (non-hydrogen) atoms. The molecule has 1 saturated heterocycles. The van der Waals surface area contributed by atoms with E-state index < -0.39 is 11.9 Å². The summed E-state index contributed by atoms with van der Waals surface area (Å²) in [6, 6.07) is 0. The van der Waals surface area contributed by atoms with Crippen LogP contribution in [0.15, 0.2) is 23.5 Å². The van der Waals surface area contributed by atoms with Crippen molar-refractivity contribution < 1.29 is 14.6 Å². The fourth-order valence-electron chi connectivity index (χ4n) is 1.40. The van der Waals surface area contributed by atoms with Crippen molar-refractivity contribution in [3.63, 3.8) is 0 Å². The molecular weight excluding hydrogens is 180 g/mol. The number of allylic oxidation sites excluding steroid dienone is 2.